The van der Waals surface area contributed by atoms with Gasteiger partial charge in [0.1, 0.15) is 11.6 Å². The molecule has 0 spiro atoms. The van der Waals surface area contributed by atoms with Crippen molar-refractivity contribution in [2.75, 3.05) is 6.54 Å². The van der Waals surface area contributed by atoms with Gasteiger partial charge in [-0.1, -0.05) is 30.3 Å². The van der Waals surface area contributed by atoms with Crippen molar-refractivity contribution in [3.05, 3.63) is 88.9 Å². The Morgan fingerprint density at radius 2 is 1.80 bits per heavy atom. The van der Waals surface area contributed by atoms with E-state index in [1.165, 1.54) is 6.07 Å². The van der Waals surface area contributed by atoms with Crippen LogP contribution in [0.3, 0.4) is 0 Å². The smallest absolute Gasteiger partial charge is 0.251 e. The second-order valence-corrected chi connectivity index (χ2v) is 7.48. The number of benzene rings is 3. The number of hydrogen-bond acceptors (Lipinski definition) is 2. The molecule has 0 saturated carbocycles. The molecular weight excluding hydrogens is 379 g/mol. The van der Waals surface area contributed by atoms with Crippen molar-refractivity contribution in [3.63, 3.8) is 0 Å². The summed E-state index contributed by atoms with van der Waals surface area (Å²) in [5.74, 6) is -0.212. The fraction of sp³-hybridized carbons (Fsp3) is 0.160. The van der Waals surface area contributed by atoms with Gasteiger partial charge in [0.25, 0.3) is 5.91 Å². The normalized spacial score (nSPS) is 11.0. The monoisotopic (exact) mass is 402 g/mol. The molecule has 1 aromatic heterocycles. The molecule has 4 nitrogen and oxygen atoms in total. The van der Waals surface area contributed by atoms with Gasteiger partial charge in [0.2, 0.25) is 0 Å². The molecule has 5 heteroatoms. The fourth-order valence-electron chi connectivity index (χ4n) is 3.86. The molecule has 0 aliphatic heterocycles. The number of aromatic amines is 1. The number of aromatic nitrogens is 1. The number of phenolic OH excluding ortho intramolecular Hbond substituents is 1. The summed E-state index contributed by atoms with van der Waals surface area (Å²) in [7, 11) is 0. The Hall–Kier alpha value is -3.60. The minimum absolute atomic E-state index is 0.155. The van der Waals surface area contributed by atoms with Crippen molar-refractivity contribution in [1.82, 2.24) is 10.3 Å². The van der Waals surface area contributed by atoms with Gasteiger partial charge < -0.3 is 15.4 Å². The number of carbonyl (C=O) groups is 1. The molecule has 152 valence electrons. The van der Waals surface area contributed by atoms with Crippen LogP contribution in [0.1, 0.15) is 27.2 Å². The van der Waals surface area contributed by atoms with Crippen molar-refractivity contribution in [2.45, 2.75) is 20.3 Å². The second kappa shape index (κ2) is 8.03. The summed E-state index contributed by atoms with van der Waals surface area (Å²) >= 11 is 0. The van der Waals surface area contributed by atoms with Gasteiger partial charge in [0, 0.05) is 23.2 Å². The van der Waals surface area contributed by atoms with Crippen LogP contribution in [-0.4, -0.2) is 22.5 Å². The van der Waals surface area contributed by atoms with E-state index in [9.17, 15) is 14.3 Å². The number of aryl methyl sites for hydroxylation is 2. The predicted octanol–water partition coefficient (Wildman–Crippen LogP) is 5.27. The minimum atomic E-state index is -0.263. The van der Waals surface area contributed by atoms with Gasteiger partial charge in [-0.05, 0) is 72.9 Å². The molecule has 30 heavy (non-hydrogen) atoms. The van der Waals surface area contributed by atoms with Crippen molar-refractivity contribution in [2.24, 2.45) is 0 Å². The highest BCUT2D eigenvalue weighted by Gasteiger charge is 2.14. The topological polar surface area (TPSA) is 65.1 Å². The largest absolute Gasteiger partial charge is 0.508 e. The third-order valence-corrected chi connectivity index (χ3v) is 5.42. The second-order valence-electron chi connectivity index (χ2n) is 7.48. The van der Waals surface area contributed by atoms with Crippen molar-refractivity contribution in [1.29, 1.82) is 0 Å². The van der Waals surface area contributed by atoms with E-state index < -0.39 is 0 Å². The highest BCUT2D eigenvalue weighted by atomic mass is 19.1. The van der Waals surface area contributed by atoms with Crippen LogP contribution < -0.4 is 5.32 Å². The minimum Gasteiger partial charge on any atom is -0.508 e. The van der Waals surface area contributed by atoms with E-state index in [0.717, 1.165) is 33.3 Å². The van der Waals surface area contributed by atoms with E-state index in [-0.39, 0.29) is 17.5 Å². The Labute approximate surface area is 174 Å². The maximum Gasteiger partial charge on any atom is 0.251 e. The third-order valence-electron chi connectivity index (χ3n) is 5.42. The van der Waals surface area contributed by atoms with Crippen LogP contribution >= 0.6 is 0 Å². The lowest BCUT2D eigenvalue weighted by atomic mass is 10.0. The summed E-state index contributed by atoms with van der Waals surface area (Å²) in [5.41, 5.74) is 5.87. The molecule has 1 heterocycles. The maximum atomic E-state index is 14.1. The Kier molecular flexibility index (Phi) is 5.27. The van der Waals surface area contributed by atoms with E-state index in [1.54, 1.807) is 36.4 Å². The van der Waals surface area contributed by atoms with Gasteiger partial charge >= 0.3 is 0 Å². The van der Waals surface area contributed by atoms with Crippen LogP contribution in [0, 0.1) is 19.7 Å². The third kappa shape index (κ3) is 3.79. The lowest BCUT2D eigenvalue weighted by molar-refractivity contribution is 0.0954. The SMILES string of the molecule is Cc1[nH]c2c(F)ccc(C)c2c1CCNC(=O)c1ccc(-c2cccc(O)c2)cc1. The first-order chi connectivity index (χ1) is 14.4. The zero-order valence-electron chi connectivity index (χ0n) is 16.9. The number of fused-ring (bicyclic) bond motifs is 1. The van der Waals surface area contributed by atoms with Crippen LogP contribution in [0.25, 0.3) is 22.0 Å². The average molecular weight is 402 g/mol. The van der Waals surface area contributed by atoms with Gasteiger partial charge in [-0.15, -0.1) is 0 Å². The molecule has 0 aliphatic rings. The summed E-state index contributed by atoms with van der Waals surface area (Å²) in [4.78, 5) is 15.7. The molecule has 0 saturated heterocycles. The molecule has 4 aromatic rings. The lowest BCUT2D eigenvalue weighted by Crippen LogP contribution is -2.25. The number of amides is 1. The summed E-state index contributed by atoms with van der Waals surface area (Å²) in [6.45, 7) is 4.35. The standard InChI is InChI=1S/C25H23FN2O2/c1-15-6-11-22(26)24-23(15)21(16(2)28-24)12-13-27-25(30)18-9-7-17(8-10-18)19-4-3-5-20(29)14-19/h3-11,14,28-29H,12-13H2,1-2H3,(H,27,30). The zero-order chi connectivity index (χ0) is 21.3. The zero-order valence-corrected chi connectivity index (χ0v) is 16.9. The molecule has 0 aliphatic carbocycles. The molecule has 0 fully saturated rings. The van der Waals surface area contributed by atoms with E-state index in [4.69, 9.17) is 0 Å². The van der Waals surface area contributed by atoms with Crippen molar-refractivity contribution >= 4 is 16.8 Å². The number of phenols is 1. The van der Waals surface area contributed by atoms with Gasteiger partial charge in [0.05, 0.1) is 5.52 Å². The maximum absolute atomic E-state index is 14.1. The van der Waals surface area contributed by atoms with Crippen LogP contribution in [0.5, 0.6) is 5.75 Å². The van der Waals surface area contributed by atoms with Gasteiger partial charge in [-0.3, -0.25) is 4.79 Å². The fourth-order valence-corrected chi connectivity index (χ4v) is 3.86. The Morgan fingerprint density at radius 3 is 2.53 bits per heavy atom. The van der Waals surface area contributed by atoms with Crippen LogP contribution in [0.2, 0.25) is 0 Å². The molecule has 0 radical (unpaired) electrons. The Balaban J connectivity index is 1.44. The highest BCUT2D eigenvalue weighted by molar-refractivity contribution is 5.95. The number of halogens is 1. The highest BCUT2D eigenvalue weighted by Crippen LogP contribution is 2.28. The summed E-state index contributed by atoms with van der Waals surface area (Å²) in [5, 5.41) is 13.5. The van der Waals surface area contributed by atoms with E-state index >= 15 is 0 Å². The summed E-state index contributed by atoms with van der Waals surface area (Å²) < 4.78 is 14.1. The number of hydrogen-bond donors (Lipinski definition) is 3. The number of aromatic hydroxyl groups is 1. The predicted molar refractivity (Wildman–Crippen MR) is 117 cm³/mol. The first-order valence-electron chi connectivity index (χ1n) is 9.88. The summed E-state index contributed by atoms with van der Waals surface area (Å²) in [6.07, 6.45) is 0.614. The average Bonchev–Trinajstić information content (AvgIpc) is 3.08. The Bertz CT molecular complexity index is 1230. The van der Waals surface area contributed by atoms with Crippen molar-refractivity contribution in [3.8, 4) is 16.9 Å². The van der Waals surface area contributed by atoms with Crippen LogP contribution in [0.15, 0.2) is 60.7 Å². The molecule has 0 atom stereocenters. The molecule has 3 N–H and O–H groups in total. The molecule has 4 rings (SSSR count). The van der Waals surface area contributed by atoms with E-state index in [2.05, 4.69) is 10.3 Å². The first kappa shape index (κ1) is 19.7. The number of carbonyl (C=O) groups excluding carboxylic acids is 1. The lowest BCUT2D eigenvalue weighted by Gasteiger charge is -2.08. The van der Waals surface area contributed by atoms with Gasteiger partial charge in [0.15, 0.2) is 0 Å². The molecule has 1 amide bonds. The number of rotatable bonds is 5. The molecule has 0 unspecified atom stereocenters. The van der Waals surface area contributed by atoms with E-state index in [1.807, 2.05) is 32.0 Å². The Morgan fingerprint density at radius 1 is 1.03 bits per heavy atom. The summed E-state index contributed by atoms with van der Waals surface area (Å²) in [6, 6.07) is 17.5. The number of nitrogens with one attached hydrogen (secondary N) is 2. The molecular formula is C25H23FN2O2. The first-order valence-corrected chi connectivity index (χ1v) is 9.88. The van der Waals surface area contributed by atoms with Crippen molar-refractivity contribution < 1.29 is 14.3 Å². The molecule has 3 aromatic carbocycles. The van der Waals surface area contributed by atoms with Crippen LogP contribution in [0.4, 0.5) is 4.39 Å². The molecule has 0 bridgehead atoms. The quantitative estimate of drug-likeness (QED) is 0.426. The van der Waals surface area contributed by atoms with Gasteiger partial charge in [-0.25, -0.2) is 4.39 Å². The van der Waals surface area contributed by atoms with Gasteiger partial charge in [-0.2, -0.15) is 0 Å². The number of H-pyrrole nitrogens is 1. The van der Waals surface area contributed by atoms with Crippen LogP contribution in [-0.2, 0) is 6.42 Å². The van der Waals surface area contributed by atoms with E-state index in [0.29, 0.717) is 24.0 Å².